The van der Waals surface area contributed by atoms with Crippen LogP contribution in [0.5, 0.6) is 0 Å². The summed E-state index contributed by atoms with van der Waals surface area (Å²) in [6, 6.07) is 14.5. The average molecular weight is 328 g/mol. The van der Waals surface area contributed by atoms with Gasteiger partial charge in [0.05, 0.1) is 11.3 Å². The zero-order valence-corrected chi connectivity index (χ0v) is 12.7. The van der Waals surface area contributed by atoms with E-state index in [9.17, 15) is 19.7 Å². The highest BCUT2D eigenvalue weighted by Gasteiger charge is 2.19. The molecule has 2 aromatic carbocycles. The van der Waals surface area contributed by atoms with Crippen LogP contribution in [-0.4, -0.2) is 21.9 Å². The highest BCUT2D eigenvalue weighted by Crippen LogP contribution is 2.24. The number of nitro benzene ring substituents is 1. The molecule has 0 radical (unpaired) electrons. The topological polar surface area (TPSA) is 110 Å². The van der Waals surface area contributed by atoms with Crippen molar-refractivity contribution in [2.75, 3.05) is 5.32 Å². The monoisotopic (exact) mass is 328 g/mol. The van der Waals surface area contributed by atoms with E-state index in [0.717, 1.165) is 5.56 Å². The van der Waals surface area contributed by atoms with Gasteiger partial charge in [-0.25, -0.2) is 0 Å². The van der Waals surface area contributed by atoms with Gasteiger partial charge in [-0.1, -0.05) is 36.4 Å². The quantitative estimate of drug-likeness (QED) is 0.599. The van der Waals surface area contributed by atoms with E-state index in [1.54, 1.807) is 30.3 Å². The highest BCUT2D eigenvalue weighted by atomic mass is 16.6. The molecule has 2 aromatic rings. The lowest BCUT2D eigenvalue weighted by atomic mass is 9.92. The van der Waals surface area contributed by atoms with Crippen LogP contribution >= 0.6 is 0 Å². The van der Waals surface area contributed by atoms with Crippen molar-refractivity contribution in [1.29, 1.82) is 0 Å². The Hall–Kier alpha value is -3.22. The van der Waals surface area contributed by atoms with Gasteiger partial charge in [0.1, 0.15) is 0 Å². The Bertz CT molecular complexity index is 746. The van der Waals surface area contributed by atoms with Gasteiger partial charge < -0.3 is 10.4 Å². The van der Waals surface area contributed by atoms with Gasteiger partial charge >= 0.3 is 5.97 Å². The summed E-state index contributed by atoms with van der Waals surface area (Å²) in [4.78, 5) is 33.4. The fourth-order valence-electron chi connectivity index (χ4n) is 2.38. The fraction of sp³-hybridized carbons (Fsp3) is 0.176. The number of benzene rings is 2. The number of rotatable bonds is 7. The van der Waals surface area contributed by atoms with E-state index in [0.29, 0.717) is 5.69 Å². The molecule has 24 heavy (non-hydrogen) atoms. The molecule has 7 nitrogen and oxygen atoms in total. The van der Waals surface area contributed by atoms with E-state index in [4.69, 9.17) is 5.11 Å². The third-order valence-electron chi connectivity index (χ3n) is 3.46. The minimum Gasteiger partial charge on any atom is -0.481 e. The lowest BCUT2D eigenvalue weighted by molar-refractivity contribution is -0.384. The van der Waals surface area contributed by atoms with Crippen LogP contribution in [0.25, 0.3) is 0 Å². The van der Waals surface area contributed by atoms with Crippen LogP contribution in [0, 0.1) is 10.1 Å². The minimum absolute atomic E-state index is 0.0288. The van der Waals surface area contributed by atoms with Crippen LogP contribution in [0.1, 0.15) is 24.3 Å². The number of carbonyl (C=O) groups is 2. The molecular formula is C17H16N2O5. The van der Waals surface area contributed by atoms with Gasteiger partial charge in [-0.3, -0.25) is 19.7 Å². The predicted molar refractivity (Wildman–Crippen MR) is 87.8 cm³/mol. The third-order valence-corrected chi connectivity index (χ3v) is 3.46. The first-order valence-corrected chi connectivity index (χ1v) is 7.26. The van der Waals surface area contributed by atoms with Crippen molar-refractivity contribution in [1.82, 2.24) is 0 Å². The summed E-state index contributed by atoms with van der Waals surface area (Å²) in [5.74, 6) is -1.86. The number of hydrogen-bond donors (Lipinski definition) is 2. The number of nitro groups is 1. The summed E-state index contributed by atoms with van der Waals surface area (Å²) in [6.07, 6.45) is -0.203. The van der Waals surface area contributed by atoms with Crippen molar-refractivity contribution in [2.24, 2.45) is 0 Å². The first-order chi connectivity index (χ1) is 11.5. The van der Waals surface area contributed by atoms with Gasteiger partial charge in [-0.2, -0.15) is 0 Å². The average Bonchev–Trinajstić information content (AvgIpc) is 2.55. The summed E-state index contributed by atoms with van der Waals surface area (Å²) >= 11 is 0. The van der Waals surface area contributed by atoms with Crippen LogP contribution in [0.15, 0.2) is 54.6 Å². The molecule has 0 saturated carbocycles. The molecule has 124 valence electrons. The molecular weight excluding hydrogens is 312 g/mol. The number of carboxylic acids is 1. The summed E-state index contributed by atoms with van der Waals surface area (Å²) in [5, 5.41) is 22.4. The van der Waals surface area contributed by atoms with Gasteiger partial charge in [0.25, 0.3) is 5.69 Å². The Balaban J connectivity index is 2.09. The number of hydrogen-bond acceptors (Lipinski definition) is 4. The van der Waals surface area contributed by atoms with E-state index in [2.05, 4.69) is 5.32 Å². The Labute approximate surface area is 138 Å². The Morgan fingerprint density at radius 2 is 1.79 bits per heavy atom. The summed E-state index contributed by atoms with van der Waals surface area (Å²) in [6.45, 7) is 0. The van der Waals surface area contributed by atoms with Crippen LogP contribution in [-0.2, 0) is 9.59 Å². The largest absolute Gasteiger partial charge is 0.481 e. The Morgan fingerprint density at radius 1 is 1.08 bits per heavy atom. The smallest absolute Gasteiger partial charge is 0.303 e. The molecule has 2 N–H and O–H groups in total. The first-order valence-electron chi connectivity index (χ1n) is 7.26. The molecule has 0 aromatic heterocycles. The molecule has 0 aliphatic heterocycles. The van der Waals surface area contributed by atoms with Crippen molar-refractivity contribution in [2.45, 2.75) is 18.8 Å². The molecule has 0 spiro atoms. The van der Waals surface area contributed by atoms with Crippen molar-refractivity contribution < 1.29 is 19.6 Å². The number of carboxylic acid groups (broad SMARTS) is 1. The molecule has 0 saturated heterocycles. The van der Waals surface area contributed by atoms with Gasteiger partial charge in [-0.15, -0.1) is 0 Å². The first kappa shape index (κ1) is 17.1. The van der Waals surface area contributed by atoms with Gasteiger partial charge in [-0.05, 0) is 11.6 Å². The second-order valence-electron chi connectivity index (χ2n) is 5.27. The van der Waals surface area contributed by atoms with Gasteiger partial charge in [0.2, 0.25) is 5.91 Å². The molecule has 0 fully saturated rings. The molecule has 0 aliphatic carbocycles. The number of non-ortho nitro benzene ring substituents is 1. The SMILES string of the molecule is O=C(O)CC(CC(=O)Nc1cccc([N+](=O)[O-])c1)c1ccccc1. The molecule has 1 atom stereocenters. The number of amides is 1. The summed E-state index contributed by atoms with van der Waals surface area (Å²) in [5.41, 5.74) is 0.934. The lowest BCUT2D eigenvalue weighted by Gasteiger charge is -2.15. The lowest BCUT2D eigenvalue weighted by Crippen LogP contribution is -2.17. The van der Waals surface area contributed by atoms with Crippen LogP contribution in [0.4, 0.5) is 11.4 Å². The second kappa shape index (κ2) is 7.87. The van der Waals surface area contributed by atoms with E-state index in [1.165, 1.54) is 18.2 Å². The number of nitrogens with one attached hydrogen (secondary N) is 1. The minimum atomic E-state index is -0.994. The third kappa shape index (κ3) is 4.91. The zero-order chi connectivity index (χ0) is 17.5. The Morgan fingerprint density at radius 3 is 2.42 bits per heavy atom. The van der Waals surface area contributed by atoms with Gasteiger partial charge in [0, 0.05) is 30.2 Å². The van der Waals surface area contributed by atoms with Crippen LogP contribution < -0.4 is 5.32 Å². The van der Waals surface area contributed by atoms with Crippen LogP contribution in [0.2, 0.25) is 0 Å². The Kier molecular flexibility index (Phi) is 5.62. The molecule has 0 bridgehead atoms. The van der Waals surface area contributed by atoms with Crippen molar-refractivity contribution >= 4 is 23.3 Å². The van der Waals surface area contributed by atoms with Crippen LogP contribution in [0.3, 0.4) is 0 Å². The fourth-order valence-corrected chi connectivity index (χ4v) is 2.38. The van der Waals surface area contributed by atoms with Crippen molar-refractivity contribution in [3.05, 3.63) is 70.3 Å². The molecule has 0 heterocycles. The number of aliphatic carboxylic acids is 1. The normalized spacial score (nSPS) is 11.5. The van der Waals surface area contributed by atoms with Crippen molar-refractivity contribution in [3.63, 3.8) is 0 Å². The predicted octanol–water partition coefficient (Wildman–Crippen LogP) is 3.18. The maximum absolute atomic E-state index is 12.2. The molecule has 1 amide bonds. The van der Waals surface area contributed by atoms with E-state index >= 15 is 0 Å². The van der Waals surface area contributed by atoms with E-state index < -0.39 is 22.7 Å². The molecule has 0 aliphatic rings. The summed E-state index contributed by atoms with van der Waals surface area (Å²) in [7, 11) is 0. The molecule has 1 unspecified atom stereocenters. The highest BCUT2D eigenvalue weighted by molar-refractivity contribution is 5.91. The number of anilines is 1. The molecule has 7 heteroatoms. The van der Waals surface area contributed by atoms with E-state index in [1.807, 2.05) is 6.07 Å². The maximum Gasteiger partial charge on any atom is 0.303 e. The molecule has 2 rings (SSSR count). The maximum atomic E-state index is 12.2. The number of carbonyl (C=O) groups excluding carboxylic acids is 1. The van der Waals surface area contributed by atoms with Gasteiger partial charge in [0.15, 0.2) is 0 Å². The number of nitrogens with zero attached hydrogens (tertiary/aromatic N) is 1. The van der Waals surface area contributed by atoms with Crippen molar-refractivity contribution in [3.8, 4) is 0 Å². The zero-order valence-electron chi connectivity index (χ0n) is 12.7. The summed E-state index contributed by atoms with van der Waals surface area (Å²) < 4.78 is 0. The van der Waals surface area contributed by atoms with E-state index in [-0.39, 0.29) is 18.5 Å². The standard InChI is InChI=1S/C17H16N2O5/c20-16(18-14-7-4-8-15(11-14)19(23)24)9-13(10-17(21)22)12-5-2-1-3-6-12/h1-8,11,13H,9-10H2,(H,18,20)(H,21,22). The second-order valence-corrected chi connectivity index (χ2v) is 5.27.